The second-order valence-corrected chi connectivity index (χ2v) is 7.07. The normalized spacial score (nSPS) is 17.1. The van der Waals surface area contributed by atoms with E-state index in [4.69, 9.17) is 9.90 Å². The van der Waals surface area contributed by atoms with Crippen LogP contribution in [0.25, 0.3) is 16.9 Å². The topological polar surface area (TPSA) is 116 Å². The summed E-state index contributed by atoms with van der Waals surface area (Å²) >= 11 is 0. The van der Waals surface area contributed by atoms with Crippen LogP contribution in [-0.4, -0.2) is 67.3 Å². The number of nitrogens with zero attached hydrogens (tertiary/aromatic N) is 5. The Hall–Kier alpha value is -3.41. The summed E-state index contributed by atoms with van der Waals surface area (Å²) in [7, 11) is 2.06. The van der Waals surface area contributed by atoms with Gasteiger partial charge in [-0.2, -0.15) is 13.2 Å². The Bertz CT molecular complexity index is 1060. The van der Waals surface area contributed by atoms with Gasteiger partial charge in [-0.1, -0.05) is 0 Å². The highest BCUT2D eigenvalue weighted by Gasteiger charge is 2.31. The molecule has 1 aliphatic rings. The Balaban J connectivity index is 0.000000858. The van der Waals surface area contributed by atoms with Crippen molar-refractivity contribution in [2.45, 2.75) is 25.1 Å². The molecule has 1 aromatic carbocycles. The van der Waals surface area contributed by atoms with Crippen molar-refractivity contribution in [3.05, 3.63) is 36.2 Å². The molecule has 3 aromatic rings. The average Bonchev–Trinajstić information content (AvgIpc) is 3.19. The summed E-state index contributed by atoms with van der Waals surface area (Å²) in [4.78, 5) is 14.8. The Morgan fingerprint density at radius 3 is 2.68 bits per heavy atom. The number of halogens is 3. The van der Waals surface area contributed by atoms with Crippen LogP contribution in [0.4, 0.5) is 19.1 Å². The zero-order chi connectivity index (χ0) is 22.6. The number of benzene rings is 1. The number of phenolic OH excluding ortho intramolecular Hbond substituents is 1. The zero-order valence-corrected chi connectivity index (χ0v) is 16.5. The molecule has 4 rings (SSSR count). The van der Waals surface area contributed by atoms with Crippen LogP contribution in [0.3, 0.4) is 0 Å². The summed E-state index contributed by atoms with van der Waals surface area (Å²) in [6.07, 6.45) is 0.798. The number of aromatic hydroxyl groups is 1. The minimum absolute atomic E-state index is 0.139. The average molecular weight is 438 g/mol. The second kappa shape index (κ2) is 9.16. The maximum absolute atomic E-state index is 12.8. The first-order chi connectivity index (χ1) is 14.7. The number of likely N-dealkylation sites (tertiary alicyclic amines) is 1. The highest BCUT2D eigenvalue weighted by atomic mass is 19.4. The molecule has 0 unspecified atom stereocenters. The van der Waals surface area contributed by atoms with E-state index < -0.39 is 17.5 Å². The number of imidazole rings is 1. The lowest BCUT2D eigenvalue weighted by atomic mass is 10.1. The number of phenols is 1. The number of hydrogen-bond acceptors (Lipinski definition) is 7. The number of nitrogens with one attached hydrogen (secondary N) is 1. The molecule has 2 aromatic heterocycles. The fourth-order valence-corrected chi connectivity index (χ4v) is 3.49. The molecule has 0 spiro atoms. The highest BCUT2D eigenvalue weighted by molar-refractivity contribution is 5.78. The number of rotatable bonds is 3. The molecule has 1 fully saturated rings. The standard InChI is InChI=1S/C18H19F3N6O.CH2O2/c1-26-7-2-3-12(10-26)23-17-25-24-15(16-22-6-8-27(16)17)13-5-4-11(9-14(13)28)18(19,20)21;2-1-3/h4-6,8-9,12,28H,2-3,7,10H2,1H3,(H,23,25);1H,(H,2,3)/t12-;/m1./s1. The molecule has 1 saturated heterocycles. The SMILES string of the molecule is CN1CCC[C@@H](Nc2nnc(-c3ccc(C(F)(F)F)cc3O)c3nccn23)C1.O=CO. The summed E-state index contributed by atoms with van der Waals surface area (Å²) in [5.74, 6) is -0.0217. The van der Waals surface area contributed by atoms with E-state index in [1.54, 1.807) is 16.8 Å². The number of carbonyl (C=O) groups is 1. The van der Waals surface area contributed by atoms with E-state index in [0.717, 1.165) is 32.0 Å². The molecule has 1 aliphatic heterocycles. The fourth-order valence-electron chi connectivity index (χ4n) is 3.49. The number of piperidine rings is 1. The molecule has 3 heterocycles. The Kier molecular flexibility index (Phi) is 6.59. The van der Waals surface area contributed by atoms with Crippen molar-refractivity contribution in [3.63, 3.8) is 0 Å². The van der Waals surface area contributed by atoms with Crippen molar-refractivity contribution in [3.8, 4) is 17.0 Å². The van der Waals surface area contributed by atoms with Gasteiger partial charge in [-0.05, 0) is 44.6 Å². The largest absolute Gasteiger partial charge is 0.507 e. The van der Waals surface area contributed by atoms with E-state index in [1.165, 1.54) is 6.07 Å². The van der Waals surface area contributed by atoms with E-state index >= 15 is 0 Å². The van der Waals surface area contributed by atoms with Gasteiger partial charge >= 0.3 is 6.18 Å². The number of fused-ring (bicyclic) bond motifs is 1. The summed E-state index contributed by atoms with van der Waals surface area (Å²) < 4.78 is 40.2. The van der Waals surface area contributed by atoms with E-state index in [9.17, 15) is 18.3 Å². The van der Waals surface area contributed by atoms with E-state index in [-0.39, 0.29) is 23.8 Å². The number of anilines is 1. The molecule has 0 amide bonds. The fraction of sp³-hybridized carbons (Fsp3) is 0.368. The molecule has 166 valence electrons. The zero-order valence-electron chi connectivity index (χ0n) is 16.5. The van der Waals surface area contributed by atoms with Gasteiger partial charge in [0.05, 0.1) is 5.56 Å². The quantitative estimate of drug-likeness (QED) is 0.535. The third-order valence-corrected chi connectivity index (χ3v) is 4.86. The third-order valence-electron chi connectivity index (χ3n) is 4.86. The molecule has 31 heavy (non-hydrogen) atoms. The Morgan fingerprint density at radius 1 is 1.29 bits per heavy atom. The predicted molar refractivity (Wildman–Crippen MR) is 106 cm³/mol. The third kappa shape index (κ3) is 5.02. The molecule has 0 aliphatic carbocycles. The molecule has 0 saturated carbocycles. The molecule has 1 atom stereocenters. The molecular formula is C19H21F3N6O3. The van der Waals surface area contributed by atoms with Crippen LogP contribution in [0.1, 0.15) is 18.4 Å². The monoisotopic (exact) mass is 438 g/mol. The van der Waals surface area contributed by atoms with Crippen molar-refractivity contribution in [2.24, 2.45) is 0 Å². The molecule has 0 bridgehead atoms. The minimum atomic E-state index is -4.54. The number of aromatic nitrogens is 4. The first-order valence-corrected chi connectivity index (χ1v) is 9.38. The maximum Gasteiger partial charge on any atom is 0.416 e. The van der Waals surface area contributed by atoms with Gasteiger partial charge in [0.15, 0.2) is 5.65 Å². The first-order valence-electron chi connectivity index (χ1n) is 9.38. The number of alkyl halides is 3. The smallest absolute Gasteiger partial charge is 0.416 e. The van der Waals surface area contributed by atoms with Crippen molar-refractivity contribution < 1.29 is 28.2 Å². The van der Waals surface area contributed by atoms with Crippen LogP contribution < -0.4 is 5.32 Å². The van der Waals surface area contributed by atoms with Gasteiger partial charge in [-0.3, -0.25) is 9.20 Å². The van der Waals surface area contributed by atoms with Crippen molar-refractivity contribution >= 4 is 18.1 Å². The number of likely N-dealkylation sites (N-methyl/N-ethyl adjacent to an activating group) is 1. The molecule has 3 N–H and O–H groups in total. The van der Waals surface area contributed by atoms with Crippen molar-refractivity contribution in [1.29, 1.82) is 0 Å². The van der Waals surface area contributed by atoms with Crippen molar-refractivity contribution in [2.75, 3.05) is 25.5 Å². The molecule has 12 heteroatoms. The summed E-state index contributed by atoms with van der Waals surface area (Å²) in [6.45, 7) is 1.68. The van der Waals surface area contributed by atoms with Crippen LogP contribution in [0.15, 0.2) is 30.6 Å². The van der Waals surface area contributed by atoms with Gasteiger partial charge in [0.2, 0.25) is 5.95 Å². The van der Waals surface area contributed by atoms with E-state index in [0.29, 0.717) is 17.7 Å². The van der Waals surface area contributed by atoms with Crippen LogP contribution in [0, 0.1) is 0 Å². The van der Waals surface area contributed by atoms with Gasteiger partial charge in [0.1, 0.15) is 11.4 Å². The van der Waals surface area contributed by atoms with Gasteiger partial charge in [-0.25, -0.2) is 4.98 Å². The van der Waals surface area contributed by atoms with Gasteiger partial charge in [0.25, 0.3) is 6.47 Å². The molecule has 9 nitrogen and oxygen atoms in total. The first kappa shape index (κ1) is 22.3. The second-order valence-electron chi connectivity index (χ2n) is 7.07. The van der Waals surface area contributed by atoms with Gasteiger partial charge in [0, 0.05) is 30.5 Å². The lowest BCUT2D eigenvalue weighted by Gasteiger charge is -2.30. The molecule has 0 radical (unpaired) electrons. The minimum Gasteiger partial charge on any atom is -0.507 e. The predicted octanol–water partition coefficient (Wildman–Crippen LogP) is 2.72. The highest BCUT2D eigenvalue weighted by Crippen LogP contribution is 2.37. The van der Waals surface area contributed by atoms with Crippen LogP contribution in [-0.2, 0) is 11.0 Å². The van der Waals surface area contributed by atoms with Crippen LogP contribution in [0.5, 0.6) is 5.75 Å². The van der Waals surface area contributed by atoms with Crippen LogP contribution in [0.2, 0.25) is 0 Å². The number of hydrogen-bond donors (Lipinski definition) is 3. The van der Waals surface area contributed by atoms with Crippen molar-refractivity contribution in [1.82, 2.24) is 24.5 Å². The summed E-state index contributed by atoms with van der Waals surface area (Å²) in [6, 6.07) is 2.98. The maximum atomic E-state index is 12.8. The lowest BCUT2D eigenvalue weighted by Crippen LogP contribution is -2.40. The van der Waals surface area contributed by atoms with Gasteiger partial charge < -0.3 is 20.4 Å². The van der Waals surface area contributed by atoms with Gasteiger partial charge in [-0.15, -0.1) is 10.2 Å². The summed E-state index contributed by atoms with van der Waals surface area (Å²) in [5, 5.41) is 28.7. The Labute approximate surface area is 175 Å². The van der Waals surface area contributed by atoms with E-state index in [2.05, 4.69) is 32.4 Å². The summed E-state index contributed by atoms with van der Waals surface area (Å²) in [5.41, 5.74) is -0.180. The van der Waals surface area contributed by atoms with Crippen LogP contribution >= 0.6 is 0 Å². The number of carboxylic acid groups (broad SMARTS) is 1. The van der Waals surface area contributed by atoms with E-state index in [1.807, 2.05) is 0 Å². The lowest BCUT2D eigenvalue weighted by molar-refractivity contribution is -0.137. The Morgan fingerprint density at radius 2 is 2.03 bits per heavy atom. The molecular weight excluding hydrogens is 417 g/mol.